The fourth-order valence-corrected chi connectivity index (χ4v) is 4.51. The number of amides is 3. The van der Waals surface area contributed by atoms with Crippen LogP contribution in [0.15, 0.2) is 63.9 Å². The standard InChI is InChI=1S/C33H42N4O9/c1-5-6-10-15-34-30(41)24(18-22-13-14-26(44-20-29(39)40)23(16-22)27-19-28(38)37-46-27)35-31(42)25(17-21-11-8-7-9-12-21)36-32(43)45-33(2,3)4/h7-9,11-14,16,19,24-25H,5-6,10,15,17-18,20H2,1-4H3,(H,34,41)(H,35,42)(H,36,43)(H,37,38)(H,39,40)/t24-,25-/m0/s1. The van der Waals surface area contributed by atoms with E-state index in [0.717, 1.165) is 24.8 Å². The third-order valence-electron chi connectivity index (χ3n) is 6.63. The summed E-state index contributed by atoms with van der Waals surface area (Å²) in [6, 6.07) is 12.9. The number of carbonyl (C=O) groups is 4. The molecule has 13 nitrogen and oxygen atoms in total. The monoisotopic (exact) mass is 638 g/mol. The number of H-pyrrole nitrogens is 1. The number of benzene rings is 2. The Morgan fingerprint density at radius 1 is 0.913 bits per heavy atom. The van der Waals surface area contributed by atoms with Gasteiger partial charge in [0.2, 0.25) is 11.8 Å². The zero-order valence-corrected chi connectivity index (χ0v) is 26.5. The van der Waals surface area contributed by atoms with Crippen LogP contribution in [0.4, 0.5) is 4.79 Å². The van der Waals surface area contributed by atoms with Crippen LogP contribution in [0.5, 0.6) is 5.75 Å². The van der Waals surface area contributed by atoms with E-state index >= 15 is 0 Å². The van der Waals surface area contributed by atoms with E-state index < -0.39 is 53.7 Å². The molecule has 0 aliphatic carbocycles. The number of carboxylic acids is 1. The van der Waals surface area contributed by atoms with Gasteiger partial charge in [0.05, 0.1) is 11.6 Å². The largest absolute Gasteiger partial charge is 0.481 e. The van der Waals surface area contributed by atoms with Gasteiger partial charge in [0.15, 0.2) is 12.4 Å². The fourth-order valence-electron chi connectivity index (χ4n) is 4.51. The van der Waals surface area contributed by atoms with Crippen LogP contribution in [-0.4, -0.2) is 65.0 Å². The Labute approximate surface area is 267 Å². The van der Waals surface area contributed by atoms with Gasteiger partial charge in [-0.25, -0.2) is 9.59 Å². The zero-order chi connectivity index (χ0) is 33.7. The molecule has 5 N–H and O–H groups in total. The van der Waals surface area contributed by atoms with Gasteiger partial charge in [-0.3, -0.25) is 14.4 Å². The summed E-state index contributed by atoms with van der Waals surface area (Å²) in [7, 11) is 0. The first kappa shape index (κ1) is 35.4. The molecule has 0 saturated heterocycles. The maximum atomic E-state index is 13.7. The molecule has 2 atom stereocenters. The Balaban J connectivity index is 1.91. The van der Waals surface area contributed by atoms with E-state index in [2.05, 4.69) is 21.1 Å². The molecule has 0 bridgehead atoms. The molecule has 3 amide bonds. The van der Waals surface area contributed by atoms with E-state index in [9.17, 15) is 24.0 Å². The van der Waals surface area contributed by atoms with Crippen LogP contribution < -0.4 is 26.2 Å². The lowest BCUT2D eigenvalue weighted by Gasteiger charge is -2.25. The number of hydrogen-bond donors (Lipinski definition) is 5. The SMILES string of the molecule is CCCCCNC(=O)[C@H](Cc1ccc(OCC(=O)O)c(-c2cc(=O)[nH]o2)c1)NC(=O)[C@H](Cc1ccccc1)NC(=O)OC(C)(C)C. The van der Waals surface area contributed by atoms with Gasteiger partial charge in [0, 0.05) is 19.4 Å². The highest BCUT2D eigenvalue weighted by Gasteiger charge is 2.29. The van der Waals surface area contributed by atoms with Crippen LogP contribution in [0.1, 0.15) is 58.1 Å². The highest BCUT2D eigenvalue weighted by atomic mass is 16.6. The first-order valence-corrected chi connectivity index (χ1v) is 15.1. The molecule has 0 saturated carbocycles. The van der Waals surface area contributed by atoms with Crippen molar-refractivity contribution in [2.24, 2.45) is 0 Å². The number of aliphatic carboxylic acids is 1. The van der Waals surface area contributed by atoms with Gasteiger partial charge in [0.25, 0.3) is 5.56 Å². The van der Waals surface area contributed by atoms with E-state index in [1.54, 1.807) is 32.9 Å². The number of aromatic amines is 1. The van der Waals surface area contributed by atoms with Crippen LogP contribution in [0.3, 0.4) is 0 Å². The van der Waals surface area contributed by atoms with Crippen molar-refractivity contribution in [2.75, 3.05) is 13.2 Å². The van der Waals surface area contributed by atoms with Gasteiger partial charge in [-0.1, -0.05) is 56.2 Å². The number of unbranched alkanes of at least 4 members (excludes halogenated alkanes) is 2. The highest BCUT2D eigenvalue weighted by molar-refractivity contribution is 5.91. The molecule has 1 aromatic heterocycles. The minimum absolute atomic E-state index is 0.0106. The second-order valence-corrected chi connectivity index (χ2v) is 11.7. The van der Waals surface area contributed by atoms with Crippen molar-refractivity contribution in [1.29, 1.82) is 0 Å². The van der Waals surface area contributed by atoms with Crippen LogP contribution in [0.25, 0.3) is 11.3 Å². The average molecular weight is 639 g/mol. The summed E-state index contributed by atoms with van der Waals surface area (Å²) < 4.78 is 16.0. The third kappa shape index (κ3) is 11.8. The first-order chi connectivity index (χ1) is 21.8. The van der Waals surface area contributed by atoms with Crippen molar-refractivity contribution in [3.8, 4) is 17.1 Å². The van der Waals surface area contributed by atoms with Gasteiger partial charge >= 0.3 is 12.1 Å². The Morgan fingerprint density at radius 3 is 2.24 bits per heavy atom. The number of ether oxygens (including phenoxy) is 2. The zero-order valence-electron chi connectivity index (χ0n) is 26.5. The molecule has 0 aliphatic rings. The molecule has 0 unspecified atom stereocenters. The summed E-state index contributed by atoms with van der Waals surface area (Å²) in [6.45, 7) is 6.95. The van der Waals surface area contributed by atoms with Gasteiger partial charge in [-0.15, -0.1) is 0 Å². The van der Waals surface area contributed by atoms with Gasteiger partial charge in [0.1, 0.15) is 23.4 Å². The summed E-state index contributed by atoms with van der Waals surface area (Å²) in [5.41, 5.74) is 0.307. The molecule has 46 heavy (non-hydrogen) atoms. The van der Waals surface area contributed by atoms with Gasteiger partial charge in [-0.2, -0.15) is 5.16 Å². The van der Waals surface area contributed by atoms with Crippen LogP contribution in [0.2, 0.25) is 0 Å². The summed E-state index contributed by atoms with van der Waals surface area (Å²) in [4.78, 5) is 62.8. The topological polar surface area (TPSA) is 189 Å². The number of nitrogens with one attached hydrogen (secondary N) is 4. The van der Waals surface area contributed by atoms with Crippen molar-refractivity contribution in [3.05, 3.63) is 76.1 Å². The Morgan fingerprint density at radius 2 is 1.61 bits per heavy atom. The second-order valence-electron chi connectivity index (χ2n) is 11.7. The number of carboxylic acid groups (broad SMARTS) is 1. The van der Waals surface area contributed by atoms with Crippen molar-refractivity contribution >= 4 is 23.9 Å². The maximum absolute atomic E-state index is 13.7. The minimum Gasteiger partial charge on any atom is -0.481 e. The van der Waals surface area contributed by atoms with Gasteiger partial charge in [-0.05, 0) is 50.5 Å². The number of rotatable bonds is 16. The summed E-state index contributed by atoms with van der Waals surface area (Å²) in [5, 5.41) is 19.6. The molecule has 0 radical (unpaired) electrons. The third-order valence-corrected chi connectivity index (χ3v) is 6.63. The molecular formula is C33H42N4O9. The first-order valence-electron chi connectivity index (χ1n) is 15.1. The summed E-state index contributed by atoms with van der Waals surface area (Å²) in [5.74, 6) is -1.98. The molecule has 3 aromatic rings. The molecule has 0 fully saturated rings. The quantitative estimate of drug-likeness (QED) is 0.146. The molecule has 13 heteroatoms. The van der Waals surface area contributed by atoms with E-state index in [1.165, 1.54) is 12.1 Å². The smallest absolute Gasteiger partial charge is 0.408 e. The predicted molar refractivity (Wildman–Crippen MR) is 169 cm³/mol. The van der Waals surface area contributed by atoms with Crippen molar-refractivity contribution in [3.63, 3.8) is 0 Å². The molecule has 1 heterocycles. The van der Waals surface area contributed by atoms with Crippen LogP contribution in [0, 0.1) is 0 Å². The van der Waals surface area contributed by atoms with E-state index in [1.807, 2.05) is 37.3 Å². The van der Waals surface area contributed by atoms with E-state index in [-0.39, 0.29) is 29.9 Å². The van der Waals surface area contributed by atoms with Crippen molar-refractivity contribution < 1.29 is 38.3 Å². The van der Waals surface area contributed by atoms with Crippen molar-refractivity contribution in [1.82, 2.24) is 21.1 Å². The van der Waals surface area contributed by atoms with Gasteiger partial charge < -0.3 is 35.1 Å². The number of alkyl carbamates (subject to hydrolysis) is 1. The highest BCUT2D eigenvalue weighted by Crippen LogP contribution is 2.31. The summed E-state index contributed by atoms with van der Waals surface area (Å²) in [6.07, 6.45) is 2.01. The molecule has 0 aliphatic heterocycles. The van der Waals surface area contributed by atoms with Crippen LogP contribution in [-0.2, 0) is 32.0 Å². The normalized spacial score (nSPS) is 12.4. The molecule has 0 spiro atoms. The maximum Gasteiger partial charge on any atom is 0.408 e. The molecular weight excluding hydrogens is 596 g/mol. The minimum atomic E-state index is -1.20. The number of carbonyl (C=O) groups excluding carboxylic acids is 3. The second kappa shape index (κ2) is 16.8. The Kier molecular flexibility index (Phi) is 13.0. The predicted octanol–water partition coefficient (Wildman–Crippen LogP) is 3.57. The lowest BCUT2D eigenvalue weighted by Crippen LogP contribution is -2.55. The van der Waals surface area contributed by atoms with E-state index in [4.69, 9.17) is 19.1 Å². The lowest BCUT2D eigenvalue weighted by atomic mass is 9.99. The number of hydrogen-bond acceptors (Lipinski definition) is 8. The molecule has 3 rings (SSSR count). The van der Waals surface area contributed by atoms with E-state index in [0.29, 0.717) is 12.1 Å². The van der Waals surface area contributed by atoms with Crippen LogP contribution >= 0.6 is 0 Å². The Hall–Kier alpha value is -5.07. The Bertz CT molecular complexity index is 1530. The summed E-state index contributed by atoms with van der Waals surface area (Å²) >= 11 is 0. The fraction of sp³-hybridized carbons (Fsp3) is 0.424. The lowest BCUT2D eigenvalue weighted by molar-refractivity contribution is -0.139. The average Bonchev–Trinajstić information content (AvgIpc) is 3.43. The van der Waals surface area contributed by atoms with Crippen molar-refractivity contribution in [2.45, 2.75) is 77.5 Å². The number of aromatic nitrogens is 1. The molecule has 248 valence electrons. The molecule has 2 aromatic carbocycles.